The van der Waals surface area contributed by atoms with Gasteiger partial charge in [0.1, 0.15) is 6.04 Å². The van der Waals surface area contributed by atoms with Crippen molar-refractivity contribution in [3.05, 3.63) is 0 Å². The molecule has 0 aromatic heterocycles. The van der Waals surface area contributed by atoms with Crippen LogP contribution in [0.25, 0.3) is 0 Å². The topological polar surface area (TPSA) is 75.3 Å². The highest BCUT2D eigenvalue weighted by Crippen LogP contribution is 2.11. The molecule has 1 atom stereocenters. The third-order valence-corrected chi connectivity index (χ3v) is 4.17. The van der Waals surface area contributed by atoms with Crippen LogP contribution in [0.3, 0.4) is 0 Å². The van der Waals surface area contributed by atoms with Crippen LogP contribution in [0.1, 0.15) is 90.4 Å². The minimum Gasteiger partial charge on any atom is -0.480 e. The van der Waals surface area contributed by atoms with Crippen LogP contribution >= 0.6 is 0 Å². The Hall–Kier alpha value is -0.610. The first-order valence-electron chi connectivity index (χ1n) is 9.38. The molecular formula is C18H38N2O2. The van der Waals surface area contributed by atoms with Gasteiger partial charge in [0.05, 0.1) is 0 Å². The van der Waals surface area contributed by atoms with Crippen LogP contribution in [0.4, 0.5) is 0 Å². The van der Waals surface area contributed by atoms with E-state index < -0.39 is 12.0 Å². The zero-order valence-corrected chi connectivity index (χ0v) is 14.6. The van der Waals surface area contributed by atoms with Gasteiger partial charge in [0, 0.05) is 0 Å². The Labute approximate surface area is 137 Å². The summed E-state index contributed by atoms with van der Waals surface area (Å²) in [4.78, 5) is 11.0. The van der Waals surface area contributed by atoms with Gasteiger partial charge < -0.3 is 16.2 Å². The van der Waals surface area contributed by atoms with E-state index in [9.17, 15) is 4.79 Å². The number of rotatable bonds is 17. The van der Waals surface area contributed by atoms with Crippen molar-refractivity contribution in [1.82, 2.24) is 5.32 Å². The van der Waals surface area contributed by atoms with E-state index in [-0.39, 0.29) is 0 Å². The van der Waals surface area contributed by atoms with Crippen molar-refractivity contribution in [2.45, 2.75) is 96.4 Å². The lowest BCUT2D eigenvalue weighted by Gasteiger charge is -2.13. The lowest BCUT2D eigenvalue weighted by Crippen LogP contribution is -2.37. The number of nitrogens with one attached hydrogen (secondary N) is 1. The zero-order valence-electron chi connectivity index (χ0n) is 14.6. The van der Waals surface area contributed by atoms with E-state index in [1.165, 1.54) is 64.2 Å². The molecule has 0 saturated carbocycles. The molecule has 22 heavy (non-hydrogen) atoms. The molecule has 0 fully saturated rings. The molecule has 0 saturated heterocycles. The van der Waals surface area contributed by atoms with Gasteiger partial charge in [-0.15, -0.1) is 0 Å². The highest BCUT2D eigenvalue weighted by molar-refractivity contribution is 5.73. The number of hydrogen-bond acceptors (Lipinski definition) is 3. The van der Waals surface area contributed by atoms with E-state index in [1.807, 2.05) is 0 Å². The molecular weight excluding hydrogens is 276 g/mol. The van der Waals surface area contributed by atoms with Gasteiger partial charge in [-0.1, -0.05) is 71.1 Å². The highest BCUT2D eigenvalue weighted by atomic mass is 16.4. The number of nitrogens with two attached hydrogens (primary N) is 1. The van der Waals surface area contributed by atoms with Crippen LogP contribution in [-0.2, 0) is 4.79 Å². The Morgan fingerprint density at radius 1 is 0.909 bits per heavy atom. The van der Waals surface area contributed by atoms with E-state index in [1.54, 1.807) is 0 Å². The van der Waals surface area contributed by atoms with Gasteiger partial charge in [0.25, 0.3) is 0 Å². The average Bonchev–Trinajstić information content (AvgIpc) is 2.51. The first-order valence-corrected chi connectivity index (χ1v) is 9.38. The summed E-state index contributed by atoms with van der Waals surface area (Å²) in [5.41, 5.74) is 5.42. The van der Waals surface area contributed by atoms with Gasteiger partial charge in [-0.3, -0.25) is 4.79 Å². The Bertz CT molecular complexity index is 247. The molecule has 0 heterocycles. The summed E-state index contributed by atoms with van der Waals surface area (Å²) in [7, 11) is 0. The Morgan fingerprint density at radius 3 is 1.86 bits per heavy atom. The number of hydrogen-bond donors (Lipinski definition) is 3. The van der Waals surface area contributed by atoms with Crippen molar-refractivity contribution in [2.75, 3.05) is 13.1 Å². The summed E-state index contributed by atoms with van der Waals surface area (Å²) in [6, 6.07) is -0.424. The normalized spacial score (nSPS) is 12.5. The van der Waals surface area contributed by atoms with E-state index in [2.05, 4.69) is 12.2 Å². The second-order valence-corrected chi connectivity index (χ2v) is 6.31. The average molecular weight is 315 g/mol. The third kappa shape index (κ3) is 14.3. The molecule has 0 aliphatic rings. The zero-order chi connectivity index (χ0) is 16.5. The quantitative estimate of drug-likeness (QED) is 0.354. The maximum atomic E-state index is 11.0. The SMILES string of the molecule is CCCCCCCCCCCCCN[C@@H](CCCN)C(=O)O. The number of aliphatic carboxylic acids is 1. The lowest BCUT2D eigenvalue weighted by atomic mass is 10.1. The van der Waals surface area contributed by atoms with Crippen molar-refractivity contribution >= 4 is 5.97 Å². The smallest absolute Gasteiger partial charge is 0.320 e. The summed E-state index contributed by atoms with van der Waals surface area (Å²) in [5.74, 6) is -0.753. The number of carboxylic acid groups (broad SMARTS) is 1. The summed E-state index contributed by atoms with van der Waals surface area (Å²) in [6.07, 6.45) is 15.9. The first-order chi connectivity index (χ1) is 10.7. The molecule has 4 N–H and O–H groups in total. The van der Waals surface area contributed by atoms with Crippen LogP contribution in [0, 0.1) is 0 Å². The fourth-order valence-corrected chi connectivity index (χ4v) is 2.70. The molecule has 0 aromatic carbocycles. The monoisotopic (exact) mass is 314 g/mol. The van der Waals surface area contributed by atoms with Gasteiger partial charge >= 0.3 is 5.97 Å². The third-order valence-electron chi connectivity index (χ3n) is 4.17. The van der Waals surface area contributed by atoms with Crippen molar-refractivity contribution < 1.29 is 9.90 Å². The molecule has 0 amide bonds. The van der Waals surface area contributed by atoms with E-state index in [0.29, 0.717) is 13.0 Å². The van der Waals surface area contributed by atoms with Crippen molar-refractivity contribution in [1.29, 1.82) is 0 Å². The van der Waals surface area contributed by atoms with Gasteiger partial charge in [-0.2, -0.15) is 0 Å². The fraction of sp³-hybridized carbons (Fsp3) is 0.944. The van der Waals surface area contributed by atoms with E-state index in [4.69, 9.17) is 10.8 Å². The van der Waals surface area contributed by atoms with E-state index in [0.717, 1.165) is 19.4 Å². The van der Waals surface area contributed by atoms with Gasteiger partial charge in [-0.05, 0) is 32.4 Å². The summed E-state index contributed by atoms with van der Waals surface area (Å²) < 4.78 is 0. The van der Waals surface area contributed by atoms with Crippen LogP contribution in [0.2, 0.25) is 0 Å². The maximum Gasteiger partial charge on any atom is 0.320 e. The number of carbonyl (C=O) groups is 1. The van der Waals surface area contributed by atoms with Crippen molar-refractivity contribution in [3.63, 3.8) is 0 Å². The molecule has 0 aromatic rings. The van der Waals surface area contributed by atoms with Crippen LogP contribution in [0.5, 0.6) is 0 Å². The molecule has 0 aliphatic carbocycles. The summed E-state index contributed by atoms with van der Waals surface area (Å²) in [5, 5.41) is 12.2. The Balaban J connectivity index is 3.29. The summed E-state index contributed by atoms with van der Waals surface area (Å²) >= 11 is 0. The molecule has 0 bridgehead atoms. The van der Waals surface area contributed by atoms with Gasteiger partial charge in [0.2, 0.25) is 0 Å². The van der Waals surface area contributed by atoms with Crippen molar-refractivity contribution in [2.24, 2.45) is 5.73 Å². The van der Waals surface area contributed by atoms with Gasteiger partial charge in [-0.25, -0.2) is 0 Å². The van der Waals surface area contributed by atoms with Gasteiger partial charge in [0.15, 0.2) is 0 Å². The second-order valence-electron chi connectivity index (χ2n) is 6.31. The molecule has 0 spiro atoms. The van der Waals surface area contributed by atoms with Crippen molar-refractivity contribution in [3.8, 4) is 0 Å². The Morgan fingerprint density at radius 2 is 1.41 bits per heavy atom. The predicted octanol–water partition coefficient (Wildman–Crippen LogP) is 4.08. The number of unbranched alkanes of at least 4 members (excludes halogenated alkanes) is 10. The summed E-state index contributed by atoms with van der Waals surface area (Å²) in [6.45, 7) is 3.62. The maximum absolute atomic E-state index is 11.0. The van der Waals surface area contributed by atoms with Crippen LogP contribution < -0.4 is 11.1 Å². The molecule has 0 aliphatic heterocycles. The molecule has 0 unspecified atom stereocenters. The van der Waals surface area contributed by atoms with Crippen LogP contribution in [0.15, 0.2) is 0 Å². The molecule has 4 nitrogen and oxygen atoms in total. The standard InChI is InChI=1S/C18H38N2O2/c1-2-3-4-5-6-7-8-9-10-11-12-16-20-17(18(21)22)14-13-15-19/h17,20H,2-16,19H2,1H3,(H,21,22)/t17-/m0/s1. The molecule has 4 heteroatoms. The molecule has 0 rings (SSSR count). The minimum absolute atomic E-state index is 0.424. The highest BCUT2D eigenvalue weighted by Gasteiger charge is 2.14. The Kier molecular flexibility index (Phi) is 16.3. The largest absolute Gasteiger partial charge is 0.480 e. The molecule has 0 radical (unpaired) electrons. The minimum atomic E-state index is -0.753. The van der Waals surface area contributed by atoms with E-state index >= 15 is 0 Å². The second kappa shape index (κ2) is 16.8. The first kappa shape index (κ1) is 21.4. The lowest BCUT2D eigenvalue weighted by molar-refractivity contribution is -0.139. The van der Waals surface area contributed by atoms with Crippen LogP contribution in [-0.4, -0.2) is 30.2 Å². The fourth-order valence-electron chi connectivity index (χ4n) is 2.70. The number of carboxylic acids is 1. The predicted molar refractivity (Wildman–Crippen MR) is 94.2 cm³/mol. The molecule has 132 valence electrons.